The second kappa shape index (κ2) is 3.45. The highest BCUT2D eigenvalue weighted by atomic mass is 16.5. The fourth-order valence-electron chi connectivity index (χ4n) is 1.08. The lowest BCUT2D eigenvalue weighted by atomic mass is 10.1. The second-order valence-electron chi connectivity index (χ2n) is 2.57. The van der Waals surface area contributed by atoms with Crippen molar-refractivity contribution in [3.8, 4) is 0 Å². The molecule has 1 rings (SSSR count). The van der Waals surface area contributed by atoms with Crippen LogP contribution in [0.5, 0.6) is 0 Å². The van der Waals surface area contributed by atoms with Crippen LogP contribution in [0.3, 0.4) is 0 Å². The minimum atomic E-state index is 0.773. The molecule has 0 bridgehead atoms. The first-order valence-electron chi connectivity index (χ1n) is 3.83. The first-order chi connectivity index (χ1) is 4.83. The van der Waals surface area contributed by atoms with E-state index in [0.717, 1.165) is 18.8 Å². The zero-order chi connectivity index (χ0) is 7.40. The Kier molecular flexibility index (Phi) is 2.55. The highest BCUT2D eigenvalue weighted by Crippen LogP contribution is 2.16. The molecule has 1 aliphatic rings. The highest BCUT2D eigenvalue weighted by Gasteiger charge is 2.00. The summed E-state index contributed by atoms with van der Waals surface area (Å²) in [6, 6.07) is 0. The van der Waals surface area contributed by atoms with Crippen molar-refractivity contribution in [2.45, 2.75) is 26.7 Å². The van der Waals surface area contributed by atoms with Crippen LogP contribution in [0.4, 0.5) is 0 Å². The fourth-order valence-corrected chi connectivity index (χ4v) is 1.08. The summed E-state index contributed by atoms with van der Waals surface area (Å²) in [6.07, 6.45) is 6.59. The fraction of sp³-hybridized carbons (Fsp3) is 0.556. The van der Waals surface area contributed by atoms with Gasteiger partial charge in [-0.1, -0.05) is 5.57 Å². The summed E-state index contributed by atoms with van der Waals surface area (Å²) in [5.41, 5.74) is 1.42. The predicted octanol–water partition coefficient (Wildman–Crippen LogP) is 2.65. The van der Waals surface area contributed by atoms with E-state index in [1.54, 1.807) is 0 Å². The number of rotatable bonds is 2. The van der Waals surface area contributed by atoms with Crippen molar-refractivity contribution in [3.63, 3.8) is 0 Å². The Balaban J connectivity index is 2.51. The molecule has 10 heavy (non-hydrogen) atoms. The first-order valence-corrected chi connectivity index (χ1v) is 3.83. The molecule has 0 aromatic rings. The Hall–Kier alpha value is -0.720. The maximum atomic E-state index is 5.34. The van der Waals surface area contributed by atoms with E-state index in [9.17, 15) is 0 Å². The van der Waals surface area contributed by atoms with E-state index in [4.69, 9.17) is 4.74 Å². The number of hydrogen-bond donors (Lipinski definition) is 0. The maximum Gasteiger partial charge on any atom is 0.115 e. The zero-order valence-electron chi connectivity index (χ0n) is 6.68. The van der Waals surface area contributed by atoms with E-state index < -0.39 is 0 Å². The molecule has 0 saturated carbocycles. The van der Waals surface area contributed by atoms with Crippen LogP contribution in [0.1, 0.15) is 26.7 Å². The molecule has 0 aromatic carbocycles. The molecular weight excluding hydrogens is 124 g/mol. The van der Waals surface area contributed by atoms with Gasteiger partial charge < -0.3 is 4.74 Å². The smallest absolute Gasteiger partial charge is 0.115 e. The van der Waals surface area contributed by atoms with Gasteiger partial charge in [-0.3, -0.25) is 0 Å². The summed E-state index contributed by atoms with van der Waals surface area (Å²) in [5, 5.41) is 0. The third-order valence-corrected chi connectivity index (χ3v) is 1.58. The molecule has 0 fully saturated rings. The van der Waals surface area contributed by atoms with Crippen LogP contribution in [0.2, 0.25) is 0 Å². The quantitative estimate of drug-likeness (QED) is 0.570. The third kappa shape index (κ3) is 1.90. The van der Waals surface area contributed by atoms with Crippen molar-refractivity contribution < 1.29 is 4.74 Å². The van der Waals surface area contributed by atoms with Crippen molar-refractivity contribution in [1.29, 1.82) is 0 Å². The van der Waals surface area contributed by atoms with Gasteiger partial charge in [0.1, 0.15) is 5.76 Å². The van der Waals surface area contributed by atoms with Crippen molar-refractivity contribution >= 4 is 0 Å². The molecule has 0 spiro atoms. The topological polar surface area (TPSA) is 9.23 Å². The predicted molar refractivity (Wildman–Crippen MR) is 42.7 cm³/mol. The van der Waals surface area contributed by atoms with Crippen molar-refractivity contribution in [3.05, 3.63) is 23.5 Å². The molecular formula is C9H14O. The van der Waals surface area contributed by atoms with Crippen molar-refractivity contribution in [2.24, 2.45) is 0 Å². The number of hydrogen-bond acceptors (Lipinski definition) is 1. The standard InChI is InChI=1S/C9H14O/c1-3-10-9-6-4-5-8(2)7-9/h6-7H,3-5H2,1-2H3. The molecule has 0 heterocycles. The van der Waals surface area contributed by atoms with Gasteiger partial charge in [-0.2, -0.15) is 0 Å². The van der Waals surface area contributed by atoms with Crippen LogP contribution >= 0.6 is 0 Å². The summed E-state index contributed by atoms with van der Waals surface area (Å²) >= 11 is 0. The van der Waals surface area contributed by atoms with E-state index in [-0.39, 0.29) is 0 Å². The van der Waals surface area contributed by atoms with Gasteiger partial charge in [-0.15, -0.1) is 0 Å². The minimum absolute atomic E-state index is 0.773. The monoisotopic (exact) mass is 138 g/mol. The van der Waals surface area contributed by atoms with Crippen LogP contribution in [0.15, 0.2) is 23.5 Å². The van der Waals surface area contributed by atoms with Gasteiger partial charge in [-0.25, -0.2) is 0 Å². The highest BCUT2D eigenvalue weighted by molar-refractivity contribution is 5.21. The van der Waals surface area contributed by atoms with Gasteiger partial charge in [0.05, 0.1) is 6.61 Å². The summed E-state index contributed by atoms with van der Waals surface area (Å²) in [4.78, 5) is 0. The summed E-state index contributed by atoms with van der Waals surface area (Å²) < 4.78 is 5.34. The Morgan fingerprint density at radius 3 is 3.00 bits per heavy atom. The molecule has 0 radical (unpaired) electrons. The minimum Gasteiger partial charge on any atom is -0.494 e. The molecule has 0 amide bonds. The van der Waals surface area contributed by atoms with Crippen molar-refractivity contribution in [2.75, 3.05) is 6.61 Å². The Labute approximate surface area is 62.4 Å². The molecule has 56 valence electrons. The largest absolute Gasteiger partial charge is 0.494 e. The second-order valence-corrected chi connectivity index (χ2v) is 2.57. The Morgan fingerprint density at radius 1 is 1.60 bits per heavy atom. The molecule has 0 atom stereocenters. The molecule has 1 nitrogen and oxygen atoms in total. The lowest BCUT2D eigenvalue weighted by Gasteiger charge is -2.10. The molecule has 0 aliphatic heterocycles. The average molecular weight is 138 g/mol. The maximum absolute atomic E-state index is 5.34. The third-order valence-electron chi connectivity index (χ3n) is 1.58. The van der Waals surface area contributed by atoms with E-state index in [0.29, 0.717) is 0 Å². The van der Waals surface area contributed by atoms with E-state index >= 15 is 0 Å². The van der Waals surface area contributed by atoms with Crippen LogP contribution < -0.4 is 0 Å². The lowest BCUT2D eigenvalue weighted by molar-refractivity contribution is 0.239. The Bertz CT molecular complexity index is 166. The Morgan fingerprint density at radius 2 is 2.40 bits per heavy atom. The normalized spacial score (nSPS) is 17.8. The lowest BCUT2D eigenvalue weighted by Crippen LogP contribution is -1.94. The van der Waals surface area contributed by atoms with Gasteiger partial charge in [0, 0.05) is 0 Å². The van der Waals surface area contributed by atoms with Gasteiger partial charge in [0.2, 0.25) is 0 Å². The average Bonchev–Trinajstić information content (AvgIpc) is 1.88. The van der Waals surface area contributed by atoms with E-state index in [1.165, 1.54) is 12.0 Å². The van der Waals surface area contributed by atoms with E-state index in [1.807, 2.05) is 6.92 Å². The van der Waals surface area contributed by atoms with Crippen molar-refractivity contribution in [1.82, 2.24) is 0 Å². The molecule has 1 aliphatic carbocycles. The summed E-state index contributed by atoms with van der Waals surface area (Å²) in [7, 11) is 0. The van der Waals surface area contributed by atoms with E-state index in [2.05, 4.69) is 19.1 Å². The van der Waals surface area contributed by atoms with Gasteiger partial charge in [0.25, 0.3) is 0 Å². The van der Waals surface area contributed by atoms with Crippen LogP contribution in [-0.4, -0.2) is 6.61 Å². The summed E-state index contributed by atoms with van der Waals surface area (Å²) in [6.45, 7) is 4.93. The van der Waals surface area contributed by atoms with Gasteiger partial charge >= 0.3 is 0 Å². The number of allylic oxidation sites excluding steroid dienone is 3. The van der Waals surface area contributed by atoms with Gasteiger partial charge in [0.15, 0.2) is 0 Å². The van der Waals surface area contributed by atoms with Crippen LogP contribution in [-0.2, 0) is 4.74 Å². The molecule has 1 heteroatoms. The molecule has 0 N–H and O–H groups in total. The summed E-state index contributed by atoms with van der Waals surface area (Å²) in [5.74, 6) is 1.05. The first kappa shape index (κ1) is 7.39. The zero-order valence-corrected chi connectivity index (χ0v) is 6.68. The van der Waals surface area contributed by atoms with Gasteiger partial charge in [-0.05, 0) is 38.8 Å². The number of ether oxygens (including phenoxy) is 1. The van der Waals surface area contributed by atoms with Crippen LogP contribution in [0.25, 0.3) is 0 Å². The van der Waals surface area contributed by atoms with Crippen LogP contribution in [0, 0.1) is 0 Å². The molecule has 0 saturated heterocycles. The molecule has 0 unspecified atom stereocenters. The SMILES string of the molecule is CCOC1=CCCC(C)=C1. The molecule has 0 aromatic heterocycles.